The monoisotopic (exact) mass is 493 g/mol. The van der Waals surface area contributed by atoms with Gasteiger partial charge < -0.3 is 19.9 Å². The number of aromatic nitrogens is 2. The molecule has 0 unspecified atom stereocenters. The lowest BCUT2D eigenvalue weighted by atomic mass is 10.3. The highest BCUT2D eigenvalue weighted by Gasteiger charge is 2.25. The molecule has 2 heterocycles. The van der Waals surface area contributed by atoms with Gasteiger partial charge in [-0.3, -0.25) is 5.32 Å². The number of hydrogen-bond acceptors (Lipinski definition) is 6. The maximum atomic E-state index is 12.7. The van der Waals surface area contributed by atoms with Gasteiger partial charge in [-0.05, 0) is 45.0 Å². The van der Waals surface area contributed by atoms with Gasteiger partial charge in [0.2, 0.25) is 5.96 Å². The van der Waals surface area contributed by atoms with Crippen LogP contribution in [0, 0.1) is 13.8 Å². The van der Waals surface area contributed by atoms with Gasteiger partial charge >= 0.3 is 12.1 Å². The molecule has 1 aliphatic rings. The van der Waals surface area contributed by atoms with E-state index in [9.17, 15) is 9.59 Å². The van der Waals surface area contributed by atoms with Crippen molar-refractivity contribution in [2.24, 2.45) is 4.99 Å². The number of amides is 3. The third kappa shape index (κ3) is 6.93. The van der Waals surface area contributed by atoms with Crippen LogP contribution in [0.1, 0.15) is 18.3 Å². The van der Waals surface area contributed by atoms with Crippen molar-refractivity contribution in [3.05, 3.63) is 45.7 Å². The summed E-state index contributed by atoms with van der Waals surface area (Å²) in [6.45, 7) is 7.48. The van der Waals surface area contributed by atoms with Gasteiger partial charge in [0.1, 0.15) is 0 Å². The molecule has 0 spiro atoms. The Labute approximate surface area is 201 Å². The SMILES string of the molecule is CCOC(=O)N1CCN(/C(=N\c2nc(C)cc(C)n2)NC(=O)Nc2ccc(Cl)c(Cl)c2)CC1. The summed E-state index contributed by atoms with van der Waals surface area (Å²) in [5.41, 5.74) is 1.98. The number of carbonyl (C=O) groups is 2. The summed E-state index contributed by atoms with van der Waals surface area (Å²) in [7, 11) is 0. The van der Waals surface area contributed by atoms with Crippen LogP contribution in [0.4, 0.5) is 21.2 Å². The van der Waals surface area contributed by atoms with Crippen LogP contribution < -0.4 is 10.6 Å². The molecule has 1 aromatic heterocycles. The Kier molecular flexibility index (Phi) is 8.29. The van der Waals surface area contributed by atoms with E-state index < -0.39 is 6.03 Å². The molecule has 2 aromatic rings. The zero-order chi connectivity index (χ0) is 24.0. The van der Waals surface area contributed by atoms with Gasteiger partial charge in [-0.2, -0.15) is 4.99 Å². The van der Waals surface area contributed by atoms with Gasteiger partial charge in [0.25, 0.3) is 5.95 Å². The molecule has 2 N–H and O–H groups in total. The summed E-state index contributed by atoms with van der Waals surface area (Å²) in [4.78, 5) is 41.3. The van der Waals surface area contributed by atoms with Gasteiger partial charge in [0.05, 0.1) is 16.7 Å². The topological polar surface area (TPSA) is 112 Å². The Bertz CT molecular complexity index is 1040. The predicted octanol–water partition coefficient (Wildman–Crippen LogP) is 3.98. The van der Waals surface area contributed by atoms with Crippen LogP contribution in [0.3, 0.4) is 0 Å². The van der Waals surface area contributed by atoms with Crippen molar-refractivity contribution < 1.29 is 14.3 Å². The molecule has 10 nitrogen and oxygen atoms in total. The van der Waals surface area contributed by atoms with Crippen molar-refractivity contribution in [1.29, 1.82) is 0 Å². The fraction of sp³-hybridized carbons (Fsp3) is 0.381. The number of anilines is 1. The Morgan fingerprint density at radius 1 is 1.03 bits per heavy atom. The second-order valence-electron chi connectivity index (χ2n) is 7.27. The Morgan fingerprint density at radius 2 is 1.67 bits per heavy atom. The number of carbonyl (C=O) groups excluding carboxylic acids is 2. The van der Waals surface area contributed by atoms with Crippen LogP contribution in [0.5, 0.6) is 0 Å². The van der Waals surface area contributed by atoms with Crippen LogP contribution in [0.25, 0.3) is 0 Å². The largest absolute Gasteiger partial charge is 0.450 e. The lowest BCUT2D eigenvalue weighted by Gasteiger charge is -2.35. The van der Waals surface area contributed by atoms with Crippen molar-refractivity contribution in [2.75, 3.05) is 38.1 Å². The van der Waals surface area contributed by atoms with Gasteiger partial charge in [-0.1, -0.05) is 23.2 Å². The summed E-state index contributed by atoms with van der Waals surface area (Å²) in [5, 5.41) is 6.17. The minimum atomic E-state index is -0.524. The number of nitrogens with one attached hydrogen (secondary N) is 2. The maximum Gasteiger partial charge on any atom is 0.409 e. The van der Waals surface area contributed by atoms with E-state index in [2.05, 4.69) is 25.6 Å². The first-order valence-corrected chi connectivity index (χ1v) is 11.1. The zero-order valence-corrected chi connectivity index (χ0v) is 20.1. The van der Waals surface area contributed by atoms with E-state index in [4.69, 9.17) is 27.9 Å². The first-order chi connectivity index (χ1) is 15.7. The molecule has 3 amide bonds. The molecule has 0 radical (unpaired) electrons. The van der Waals surface area contributed by atoms with Crippen LogP contribution in [0.2, 0.25) is 10.0 Å². The third-order valence-electron chi connectivity index (χ3n) is 4.68. The highest BCUT2D eigenvalue weighted by Crippen LogP contribution is 2.25. The highest BCUT2D eigenvalue weighted by atomic mass is 35.5. The molecule has 1 aliphatic heterocycles. The van der Waals surface area contributed by atoms with Gasteiger partial charge in [0, 0.05) is 43.3 Å². The van der Waals surface area contributed by atoms with E-state index >= 15 is 0 Å². The molecule has 0 atom stereocenters. The normalized spacial score (nSPS) is 14.2. The number of halogens is 2. The number of ether oxygens (including phenoxy) is 1. The van der Waals surface area contributed by atoms with Gasteiger partial charge in [-0.25, -0.2) is 19.6 Å². The minimum Gasteiger partial charge on any atom is -0.450 e. The summed E-state index contributed by atoms with van der Waals surface area (Å²) >= 11 is 12.0. The molecule has 1 saturated heterocycles. The lowest BCUT2D eigenvalue weighted by Crippen LogP contribution is -2.55. The number of aliphatic imine (C=N–C) groups is 1. The van der Waals surface area contributed by atoms with E-state index in [1.54, 1.807) is 30.0 Å². The quantitative estimate of drug-likeness (QED) is 0.493. The standard InChI is InChI=1S/C21H25Cl2N7O3/c1-4-33-21(32)30-9-7-29(8-10-30)19(27-18-24-13(2)11-14(3)25-18)28-20(31)26-15-5-6-16(22)17(23)12-15/h5-6,11-12H,4,7-10H2,1-3H3,(H2,24,25,26,27,28,31). The van der Waals surface area contributed by atoms with Gasteiger partial charge in [-0.15, -0.1) is 0 Å². The molecule has 0 bridgehead atoms. The first-order valence-electron chi connectivity index (χ1n) is 10.4. The maximum absolute atomic E-state index is 12.7. The molecule has 0 aliphatic carbocycles. The van der Waals surface area contributed by atoms with Crippen LogP contribution >= 0.6 is 23.2 Å². The van der Waals surface area contributed by atoms with E-state index in [1.807, 2.05) is 24.8 Å². The molecule has 33 heavy (non-hydrogen) atoms. The molecule has 1 fully saturated rings. The Hall–Kier alpha value is -3.11. The number of piperazine rings is 1. The number of aryl methyl sites for hydroxylation is 2. The number of guanidine groups is 1. The number of nitrogens with zero attached hydrogens (tertiary/aromatic N) is 5. The van der Waals surface area contributed by atoms with E-state index in [-0.39, 0.29) is 18.0 Å². The second-order valence-corrected chi connectivity index (χ2v) is 8.08. The van der Waals surface area contributed by atoms with E-state index in [1.165, 1.54) is 0 Å². The summed E-state index contributed by atoms with van der Waals surface area (Å²) < 4.78 is 5.07. The van der Waals surface area contributed by atoms with Crippen molar-refractivity contribution >= 4 is 52.9 Å². The first kappa shape index (κ1) is 24.5. The van der Waals surface area contributed by atoms with E-state index in [0.29, 0.717) is 48.5 Å². The fourth-order valence-corrected chi connectivity index (χ4v) is 3.48. The number of hydrogen-bond donors (Lipinski definition) is 2. The average Bonchev–Trinajstić information content (AvgIpc) is 2.75. The number of benzene rings is 1. The van der Waals surface area contributed by atoms with Crippen molar-refractivity contribution in [3.8, 4) is 0 Å². The third-order valence-corrected chi connectivity index (χ3v) is 5.42. The zero-order valence-electron chi connectivity index (χ0n) is 18.6. The summed E-state index contributed by atoms with van der Waals surface area (Å²) in [6, 6.07) is 6.08. The Morgan fingerprint density at radius 3 is 2.27 bits per heavy atom. The van der Waals surface area contributed by atoms with Crippen LogP contribution in [0.15, 0.2) is 29.3 Å². The average molecular weight is 494 g/mol. The van der Waals surface area contributed by atoms with Crippen LogP contribution in [-0.2, 0) is 4.74 Å². The second kappa shape index (κ2) is 11.2. The number of rotatable bonds is 3. The fourth-order valence-electron chi connectivity index (χ4n) is 3.18. The molecule has 12 heteroatoms. The smallest absolute Gasteiger partial charge is 0.409 e. The minimum absolute atomic E-state index is 0.227. The Balaban J connectivity index is 1.78. The molecular formula is C21H25Cl2N7O3. The molecule has 176 valence electrons. The van der Waals surface area contributed by atoms with E-state index in [0.717, 1.165) is 11.4 Å². The molecule has 3 rings (SSSR count). The lowest BCUT2D eigenvalue weighted by molar-refractivity contribution is 0.0915. The van der Waals surface area contributed by atoms with Gasteiger partial charge in [0.15, 0.2) is 0 Å². The molecular weight excluding hydrogens is 469 g/mol. The highest BCUT2D eigenvalue weighted by molar-refractivity contribution is 6.42. The van der Waals surface area contributed by atoms with Crippen molar-refractivity contribution in [1.82, 2.24) is 25.1 Å². The molecule has 0 saturated carbocycles. The van der Waals surface area contributed by atoms with Crippen molar-refractivity contribution in [2.45, 2.75) is 20.8 Å². The van der Waals surface area contributed by atoms with Crippen LogP contribution in [-0.4, -0.2) is 70.6 Å². The summed E-state index contributed by atoms with van der Waals surface area (Å²) in [6.07, 6.45) is -0.362. The predicted molar refractivity (Wildman–Crippen MR) is 127 cm³/mol. The molecule has 1 aromatic carbocycles. The van der Waals surface area contributed by atoms with Crippen molar-refractivity contribution in [3.63, 3.8) is 0 Å². The summed E-state index contributed by atoms with van der Waals surface area (Å²) in [5.74, 6) is 0.492. The number of urea groups is 1.